The largest absolute Gasteiger partial charge is 0.465 e. The number of hydrogen-bond acceptors (Lipinski definition) is 4. The molecule has 4 heteroatoms. The first-order valence-corrected chi connectivity index (χ1v) is 8.14. The molecular formula is C15H26N2OS. The van der Waals surface area contributed by atoms with Crippen molar-refractivity contribution in [3.05, 3.63) is 23.2 Å². The van der Waals surface area contributed by atoms with Crippen LogP contribution in [0.1, 0.15) is 37.9 Å². The highest BCUT2D eigenvalue weighted by Crippen LogP contribution is 2.30. The van der Waals surface area contributed by atoms with Crippen LogP contribution in [0.5, 0.6) is 0 Å². The van der Waals surface area contributed by atoms with Gasteiger partial charge in [-0.3, -0.25) is 4.90 Å². The Morgan fingerprint density at radius 1 is 1.47 bits per heavy atom. The molecule has 1 saturated heterocycles. The fourth-order valence-electron chi connectivity index (χ4n) is 2.57. The lowest BCUT2D eigenvalue weighted by Gasteiger charge is -2.37. The van der Waals surface area contributed by atoms with Crippen LogP contribution in [0.4, 0.5) is 0 Å². The van der Waals surface area contributed by atoms with Gasteiger partial charge in [0.2, 0.25) is 0 Å². The van der Waals surface area contributed by atoms with Gasteiger partial charge in [-0.05, 0) is 33.4 Å². The molecule has 0 aromatic carbocycles. The van der Waals surface area contributed by atoms with Gasteiger partial charge in [0.05, 0.1) is 6.54 Å². The van der Waals surface area contributed by atoms with Crippen LogP contribution in [-0.4, -0.2) is 35.0 Å². The van der Waals surface area contributed by atoms with Gasteiger partial charge in [0.25, 0.3) is 0 Å². The average molecular weight is 282 g/mol. The molecule has 0 bridgehead atoms. The van der Waals surface area contributed by atoms with E-state index in [-0.39, 0.29) is 0 Å². The van der Waals surface area contributed by atoms with E-state index in [0.29, 0.717) is 4.75 Å². The summed E-state index contributed by atoms with van der Waals surface area (Å²) in [7, 11) is 0. The van der Waals surface area contributed by atoms with E-state index in [4.69, 9.17) is 4.42 Å². The van der Waals surface area contributed by atoms with E-state index in [2.05, 4.69) is 55.7 Å². The van der Waals surface area contributed by atoms with E-state index in [1.807, 2.05) is 0 Å². The molecule has 1 aliphatic rings. The molecule has 0 atom stereocenters. The fraction of sp³-hybridized carbons (Fsp3) is 0.733. The molecule has 0 amide bonds. The number of furan rings is 1. The normalized spacial score (nSPS) is 19.8. The van der Waals surface area contributed by atoms with Crippen molar-refractivity contribution in [2.45, 2.75) is 45.5 Å². The second kappa shape index (κ2) is 6.33. The smallest absolute Gasteiger partial charge is 0.118 e. The van der Waals surface area contributed by atoms with Crippen LogP contribution < -0.4 is 5.32 Å². The molecule has 0 saturated carbocycles. The van der Waals surface area contributed by atoms with Crippen molar-refractivity contribution >= 4 is 11.8 Å². The summed E-state index contributed by atoms with van der Waals surface area (Å²) in [6.45, 7) is 14.0. The number of thioether (sulfide) groups is 1. The van der Waals surface area contributed by atoms with Gasteiger partial charge in [0.15, 0.2) is 0 Å². The topological polar surface area (TPSA) is 28.4 Å². The number of nitrogens with one attached hydrogen (secondary N) is 1. The molecule has 1 aromatic heterocycles. The lowest BCUT2D eigenvalue weighted by atomic mass is 10.1. The lowest BCUT2D eigenvalue weighted by Crippen LogP contribution is -2.42. The Kier molecular flexibility index (Phi) is 4.98. The molecule has 19 heavy (non-hydrogen) atoms. The number of nitrogens with zero attached hydrogens (tertiary/aromatic N) is 1. The first kappa shape index (κ1) is 14.9. The zero-order valence-corrected chi connectivity index (χ0v) is 13.4. The molecule has 1 aromatic rings. The minimum atomic E-state index is 0.377. The van der Waals surface area contributed by atoms with Gasteiger partial charge >= 0.3 is 0 Å². The van der Waals surface area contributed by atoms with Crippen LogP contribution in [0.25, 0.3) is 0 Å². The predicted molar refractivity (Wildman–Crippen MR) is 82.6 cm³/mol. The first-order valence-electron chi connectivity index (χ1n) is 7.15. The summed E-state index contributed by atoms with van der Waals surface area (Å²) in [5.41, 5.74) is 1.34. The van der Waals surface area contributed by atoms with Crippen LogP contribution in [0.3, 0.4) is 0 Å². The van der Waals surface area contributed by atoms with Crippen molar-refractivity contribution in [2.24, 2.45) is 0 Å². The number of rotatable bonds is 5. The Morgan fingerprint density at radius 2 is 2.26 bits per heavy atom. The van der Waals surface area contributed by atoms with Gasteiger partial charge in [-0.2, -0.15) is 11.8 Å². The maximum atomic E-state index is 5.82. The van der Waals surface area contributed by atoms with Crippen LogP contribution in [0, 0.1) is 6.92 Å². The number of aryl methyl sites for hydroxylation is 1. The van der Waals surface area contributed by atoms with Gasteiger partial charge in [0.1, 0.15) is 11.5 Å². The monoisotopic (exact) mass is 282 g/mol. The van der Waals surface area contributed by atoms with Crippen LogP contribution in [-0.2, 0) is 13.1 Å². The van der Waals surface area contributed by atoms with E-state index in [0.717, 1.165) is 37.7 Å². The summed E-state index contributed by atoms with van der Waals surface area (Å²) in [5.74, 6) is 3.36. The second-order valence-corrected chi connectivity index (χ2v) is 7.70. The van der Waals surface area contributed by atoms with Gasteiger partial charge in [0, 0.05) is 35.7 Å². The summed E-state index contributed by atoms with van der Waals surface area (Å²) in [6, 6.07) is 2.22. The summed E-state index contributed by atoms with van der Waals surface area (Å²) in [5, 5.41) is 3.31. The minimum absolute atomic E-state index is 0.377. The van der Waals surface area contributed by atoms with E-state index in [1.54, 1.807) is 0 Å². The summed E-state index contributed by atoms with van der Waals surface area (Å²) in [4.78, 5) is 2.55. The van der Waals surface area contributed by atoms with Crippen molar-refractivity contribution in [1.82, 2.24) is 10.2 Å². The fourth-order valence-corrected chi connectivity index (χ4v) is 3.75. The van der Waals surface area contributed by atoms with Crippen molar-refractivity contribution in [2.75, 3.05) is 25.4 Å². The third-order valence-electron chi connectivity index (χ3n) is 3.52. The van der Waals surface area contributed by atoms with Crippen molar-refractivity contribution in [1.29, 1.82) is 0 Å². The quantitative estimate of drug-likeness (QED) is 0.898. The lowest BCUT2D eigenvalue weighted by molar-refractivity contribution is 0.251. The molecule has 3 nitrogen and oxygen atoms in total. The maximum absolute atomic E-state index is 5.82. The van der Waals surface area contributed by atoms with Crippen molar-refractivity contribution in [3.8, 4) is 0 Å². The molecule has 0 radical (unpaired) electrons. The molecular weight excluding hydrogens is 256 g/mol. The second-order valence-electron chi connectivity index (χ2n) is 5.89. The average Bonchev–Trinajstić information content (AvgIpc) is 2.66. The van der Waals surface area contributed by atoms with Gasteiger partial charge in [-0.15, -0.1) is 0 Å². The van der Waals surface area contributed by atoms with Crippen molar-refractivity contribution < 1.29 is 4.42 Å². The summed E-state index contributed by atoms with van der Waals surface area (Å²) in [6.07, 6.45) is 0. The maximum Gasteiger partial charge on any atom is 0.118 e. The Balaban J connectivity index is 1.96. The highest BCUT2D eigenvalue weighted by Gasteiger charge is 2.27. The first-order chi connectivity index (χ1) is 9.00. The molecule has 108 valence electrons. The van der Waals surface area contributed by atoms with Crippen LogP contribution >= 0.6 is 11.8 Å². The van der Waals surface area contributed by atoms with E-state index in [1.165, 1.54) is 17.9 Å². The zero-order valence-electron chi connectivity index (χ0n) is 12.6. The third-order valence-corrected chi connectivity index (χ3v) is 4.82. The molecule has 1 fully saturated rings. The predicted octanol–water partition coefficient (Wildman–Crippen LogP) is 3.02. The van der Waals surface area contributed by atoms with Crippen LogP contribution in [0.15, 0.2) is 10.5 Å². The highest BCUT2D eigenvalue weighted by atomic mass is 32.2. The molecule has 0 spiro atoms. The summed E-state index contributed by atoms with van der Waals surface area (Å²) >= 11 is 2.08. The SMILES string of the molecule is CCNCc1cc(CN2CCSC(C)(C)C2)c(C)o1. The molecule has 2 heterocycles. The Hall–Kier alpha value is -0.450. The zero-order chi connectivity index (χ0) is 13.9. The Labute approximate surface area is 121 Å². The third kappa shape index (κ3) is 4.26. The number of hydrogen-bond donors (Lipinski definition) is 1. The molecule has 1 aliphatic heterocycles. The summed E-state index contributed by atoms with van der Waals surface area (Å²) < 4.78 is 6.19. The van der Waals surface area contributed by atoms with Crippen molar-refractivity contribution in [3.63, 3.8) is 0 Å². The molecule has 1 N–H and O–H groups in total. The molecule has 0 unspecified atom stereocenters. The standard InChI is InChI=1S/C15H26N2OS/c1-5-16-9-14-8-13(12(2)18-14)10-17-6-7-19-15(3,4)11-17/h8,16H,5-7,9-11H2,1-4H3. The Bertz CT molecular complexity index is 414. The van der Waals surface area contributed by atoms with E-state index in [9.17, 15) is 0 Å². The minimum Gasteiger partial charge on any atom is -0.465 e. The van der Waals surface area contributed by atoms with Crippen LogP contribution in [0.2, 0.25) is 0 Å². The van der Waals surface area contributed by atoms with Gasteiger partial charge < -0.3 is 9.73 Å². The van der Waals surface area contributed by atoms with E-state index >= 15 is 0 Å². The Morgan fingerprint density at radius 3 is 2.95 bits per heavy atom. The van der Waals surface area contributed by atoms with E-state index < -0.39 is 0 Å². The van der Waals surface area contributed by atoms with Gasteiger partial charge in [-0.1, -0.05) is 6.92 Å². The molecule has 0 aliphatic carbocycles. The molecule has 2 rings (SSSR count). The van der Waals surface area contributed by atoms with Gasteiger partial charge in [-0.25, -0.2) is 0 Å². The highest BCUT2D eigenvalue weighted by molar-refractivity contribution is 8.00.